The Morgan fingerprint density at radius 1 is 0.867 bits per heavy atom. The van der Waals surface area contributed by atoms with Crippen molar-refractivity contribution in [3.05, 3.63) is 52.7 Å². The highest BCUT2D eigenvalue weighted by Gasteiger charge is 2.79. The van der Waals surface area contributed by atoms with Crippen molar-refractivity contribution < 1.29 is 45.8 Å². The third-order valence-corrected chi connectivity index (χ3v) is 5.22. The molecule has 1 aromatic heterocycles. The molecule has 0 atom stereocenters. The van der Waals surface area contributed by atoms with Gasteiger partial charge in [0, 0.05) is 20.2 Å². The summed E-state index contributed by atoms with van der Waals surface area (Å²) in [4.78, 5) is 34.3. The molecular weight excluding hydrogens is 442 g/mol. The van der Waals surface area contributed by atoms with Crippen LogP contribution in [0.1, 0.15) is 0 Å². The topological polar surface area (TPSA) is 80.7 Å². The zero-order chi connectivity index (χ0) is 22.5. The number of carbonyl (C=O) groups is 2. The fourth-order valence-electron chi connectivity index (χ4n) is 2.48. The first-order chi connectivity index (χ1) is 13.8. The Labute approximate surface area is 166 Å². The van der Waals surface area contributed by atoms with Crippen LogP contribution in [0.4, 0.5) is 26.3 Å². The van der Waals surface area contributed by atoms with Crippen molar-refractivity contribution in [2.45, 2.75) is 17.8 Å². The molecule has 0 saturated heterocycles. The van der Waals surface area contributed by atoms with Crippen LogP contribution >= 0.6 is 11.3 Å². The minimum absolute atomic E-state index is 0.0880. The number of fused-ring (bicyclic) bond motifs is 2. The van der Waals surface area contributed by atoms with Gasteiger partial charge >= 0.3 is 29.7 Å². The molecule has 2 aromatic carbocycles. The van der Waals surface area contributed by atoms with Gasteiger partial charge in [0.2, 0.25) is 0 Å². The molecule has 1 N–H and O–H groups in total. The van der Waals surface area contributed by atoms with E-state index in [4.69, 9.17) is 5.11 Å². The van der Waals surface area contributed by atoms with Gasteiger partial charge in [0.15, 0.2) is 5.43 Å². The van der Waals surface area contributed by atoms with Crippen LogP contribution < -0.4 is 10.2 Å². The van der Waals surface area contributed by atoms with E-state index >= 15 is 0 Å². The van der Waals surface area contributed by atoms with Gasteiger partial charge in [-0.25, -0.2) is 9.59 Å². The third kappa shape index (κ3) is 3.16. The summed E-state index contributed by atoms with van der Waals surface area (Å²) in [6.45, 7) is 0. The fraction of sp³-hybridized carbons (Fsp3) is 0.167. The minimum atomic E-state index is -6.58. The van der Waals surface area contributed by atoms with Gasteiger partial charge in [0.25, 0.3) is 0 Å². The predicted molar refractivity (Wildman–Crippen MR) is 93.7 cm³/mol. The summed E-state index contributed by atoms with van der Waals surface area (Å²) in [5, 5.41) is 8.27. The molecule has 0 saturated carbocycles. The smallest absolute Gasteiger partial charge is 0.411 e. The lowest BCUT2D eigenvalue weighted by Crippen LogP contribution is -2.61. The second-order valence-corrected chi connectivity index (χ2v) is 7.09. The largest absolute Gasteiger partial charge is 0.477 e. The zero-order valence-electron chi connectivity index (χ0n) is 14.3. The normalized spacial score (nSPS) is 12.9. The molecule has 0 unspecified atom stereocenters. The lowest BCUT2D eigenvalue weighted by atomic mass is 10.0. The first-order valence-corrected chi connectivity index (χ1v) is 8.67. The highest BCUT2D eigenvalue weighted by atomic mass is 32.1. The minimum Gasteiger partial charge on any atom is -0.477 e. The van der Waals surface area contributed by atoms with Crippen molar-refractivity contribution in [2.75, 3.05) is 0 Å². The van der Waals surface area contributed by atoms with Crippen molar-refractivity contribution in [1.82, 2.24) is 0 Å². The zero-order valence-corrected chi connectivity index (χ0v) is 15.1. The van der Waals surface area contributed by atoms with E-state index in [1.807, 2.05) is 0 Å². The van der Waals surface area contributed by atoms with Gasteiger partial charge in [-0.15, -0.1) is 11.3 Å². The van der Waals surface area contributed by atoms with Crippen LogP contribution in [0.3, 0.4) is 0 Å². The molecule has 12 heteroatoms. The van der Waals surface area contributed by atoms with Crippen molar-refractivity contribution in [3.8, 4) is 5.75 Å². The molecule has 1 heterocycles. The maximum Gasteiger partial charge on any atom is 0.411 e. The standard InChI is InChI=1S/C18H8F6O5S/c19-16(20,14(26)27)18(23,24)17(21,22)15(28)29-8-5-6-12-10(7-8)13(25)9-3-1-2-4-11(9)30-12/h1-7H,(H,26,27). The van der Waals surface area contributed by atoms with Crippen LogP contribution in [-0.2, 0) is 9.59 Å². The summed E-state index contributed by atoms with van der Waals surface area (Å²) >= 11 is 1.14. The van der Waals surface area contributed by atoms with E-state index in [9.17, 15) is 40.7 Å². The number of aliphatic carboxylic acids is 1. The van der Waals surface area contributed by atoms with Crippen molar-refractivity contribution >= 4 is 43.4 Å². The van der Waals surface area contributed by atoms with Crippen LogP contribution in [0.25, 0.3) is 20.2 Å². The average Bonchev–Trinajstić information content (AvgIpc) is 2.68. The number of alkyl halides is 6. The number of carboxylic acids is 1. The molecule has 30 heavy (non-hydrogen) atoms. The van der Waals surface area contributed by atoms with E-state index in [0.29, 0.717) is 9.40 Å². The molecule has 0 amide bonds. The summed E-state index contributed by atoms with van der Waals surface area (Å²) in [6, 6.07) is 9.29. The Bertz CT molecular complexity index is 1240. The van der Waals surface area contributed by atoms with Crippen LogP contribution in [0.2, 0.25) is 0 Å². The van der Waals surface area contributed by atoms with Crippen LogP contribution in [0.15, 0.2) is 47.3 Å². The Balaban J connectivity index is 2.00. The van der Waals surface area contributed by atoms with Gasteiger partial charge in [-0.3, -0.25) is 4.79 Å². The van der Waals surface area contributed by atoms with Crippen LogP contribution in [-0.4, -0.2) is 34.8 Å². The molecule has 0 aliphatic carbocycles. The van der Waals surface area contributed by atoms with E-state index in [1.54, 1.807) is 18.2 Å². The number of esters is 1. The summed E-state index contributed by atoms with van der Waals surface area (Å²) in [5.74, 6) is -26.5. The molecule has 0 aliphatic rings. The molecule has 5 nitrogen and oxygen atoms in total. The number of hydrogen-bond donors (Lipinski definition) is 1. The fourth-order valence-corrected chi connectivity index (χ4v) is 3.53. The van der Waals surface area contributed by atoms with Crippen molar-refractivity contribution in [1.29, 1.82) is 0 Å². The Hall–Kier alpha value is -3.15. The quantitative estimate of drug-likeness (QED) is 0.271. The molecule has 0 bridgehead atoms. The van der Waals surface area contributed by atoms with Crippen molar-refractivity contribution in [2.24, 2.45) is 0 Å². The molecular formula is C18H8F6O5S. The Morgan fingerprint density at radius 3 is 2.10 bits per heavy atom. The van der Waals surface area contributed by atoms with Gasteiger partial charge in [-0.05, 0) is 30.3 Å². The lowest BCUT2D eigenvalue weighted by molar-refractivity contribution is -0.297. The molecule has 3 rings (SSSR count). The Morgan fingerprint density at radius 2 is 1.47 bits per heavy atom. The number of ether oxygens (including phenoxy) is 1. The predicted octanol–water partition coefficient (Wildman–Crippen LogP) is 4.31. The maximum absolute atomic E-state index is 13.7. The van der Waals surface area contributed by atoms with Gasteiger partial charge in [-0.1, -0.05) is 12.1 Å². The first-order valence-electron chi connectivity index (χ1n) is 7.85. The van der Waals surface area contributed by atoms with E-state index in [0.717, 1.165) is 23.5 Å². The van der Waals surface area contributed by atoms with Gasteiger partial charge in [-0.2, -0.15) is 26.3 Å². The first kappa shape index (κ1) is 21.6. The Kier molecular flexibility index (Phi) is 5.01. The third-order valence-electron chi connectivity index (χ3n) is 4.07. The van der Waals surface area contributed by atoms with Crippen LogP contribution in [0, 0.1) is 0 Å². The number of halogens is 6. The van der Waals surface area contributed by atoms with Gasteiger partial charge < -0.3 is 9.84 Å². The molecule has 3 aromatic rings. The summed E-state index contributed by atoms with van der Waals surface area (Å²) in [6.07, 6.45) is 0. The highest BCUT2D eigenvalue weighted by Crippen LogP contribution is 2.46. The molecule has 0 aliphatic heterocycles. The van der Waals surface area contributed by atoms with E-state index in [2.05, 4.69) is 4.74 Å². The molecule has 0 radical (unpaired) electrons. The summed E-state index contributed by atoms with van der Waals surface area (Å²) in [7, 11) is 0. The SMILES string of the molecule is O=C(O)C(F)(F)C(F)(F)C(F)(F)C(=O)Oc1ccc2sc3ccccc3c(=O)c2c1. The van der Waals surface area contributed by atoms with E-state index in [1.165, 1.54) is 12.1 Å². The monoisotopic (exact) mass is 450 g/mol. The van der Waals surface area contributed by atoms with Gasteiger partial charge in [0.1, 0.15) is 5.75 Å². The average molecular weight is 450 g/mol. The van der Waals surface area contributed by atoms with E-state index in [-0.39, 0.29) is 10.8 Å². The number of carboxylic acid groups (broad SMARTS) is 1. The van der Waals surface area contributed by atoms with Crippen molar-refractivity contribution in [3.63, 3.8) is 0 Å². The summed E-state index contributed by atoms with van der Waals surface area (Å²) < 4.78 is 85.5. The molecule has 158 valence electrons. The number of rotatable bonds is 5. The maximum atomic E-state index is 13.7. The van der Waals surface area contributed by atoms with E-state index < -0.39 is 40.9 Å². The molecule has 0 fully saturated rings. The van der Waals surface area contributed by atoms with Crippen LogP contribution in [0.5, 0.6) is 5.75 Å². The second kappa shape index (κ2) is 6.97. The number of carbonyl (C=O) groups excluding carboxylic acids is 1. The number of benzene rings is 2. The lowest BCUT2D eigenvalue weighted by Gasteiger charge is -2.28. The van der Waals surface area contributed by atoms with Gasteiger partial charge in [0.05, 0.1) is 0 Å². The molecule has 0 spiro atoms. The summed E-state index contributed by atoms with van der Waals surface area (Å²) in [5.41, 5.74) is -0.563. The second-order valence-electron chi connectivity index (χ2n) is 6.00. The highest BCUT2D eigenvalue weighted by molar-refractivity contribution is 7.24. The number of hydrogen-bond acceptors (Lipinski definition) is 5.